The van der Waals surface area contributed by atoms with Gasteiger partial charge in [0.05, 0.1) is 25.2 Å². The summed E-state index contributed by atoms with van der Waals surface area (Å²) in [6.45, 7) is 1.87. The van der Waals surface area contributed by atoms with Crippen LogP contribution in [-0.4, -0.2) is 36.7 Å². The number of likely N-dealkylation sites (tertiary alicyclic amines) is 1. The van der Waals surface area contributed by atoms with E-state index < -0.39 is 0 Å². The summed E-state index contributed by atoms with van der Waals surface area (Å²) in [5.74, 6) is 1.50. The minimum absolute atomic E-state index is 0.225. The molecule has 0 bridgehead atoms. The molecular formula is C14H20N2O2S. The fourth-order valence-corrected chi connectivity index (χ4v) is 2.82. The molecule has 0 aromatic heterocycles. The summed E-state index contributed by atoms with van der Waals surface area (Å²) in [6, 6.07) is 6.22. The average Bonchev–Trinajstić information content (AvgIpc) is 2.87. The predicted molar refractivity (Wildman–Crippen MR) is 79.8 cm³/mol. The summed E-state index contributed by atoms with van der Waals surface area (Å²) in [6.07, 6.45) is 2.21. The lowest BCUT2D eigenvalue weighted by Gasteiger charge is -2.23. The van der Waals surface area contributed by atoms with Crippen molar-refractivity contribution in [1.29, 1.82) is 0 Å². The Morgan fingerprint density at radius 1 is 1.37 bits per heavy atom. The van der Waals surface area contributed by atoms with Crippen LogP contribution in [0.3, 0.4) is 0 Å². The SMILES string of the molecule is COc1ccc(CN2CCCC2C(N)=S)cc1OC. The number of hydrogen-bond acceptors (Lipinski definition) is 4. The van der Waals surface area contributed by atoms with E-state index in [4.69, 9.17) is 27.4 Å². The predicted octanol–water partition coefficient (Wildman–Crippen LogP) is 1.95. The second-order valence-electron chi connectivity index (χ2n) is 4.72. The van der Waals surface area contributed by atoms with Crippen molar-refractivity contribution >= 4 is 17.2 Å². The van der Waals surface area contributed by atoms with Gasteiger partial charge in [-0.1, -0.05) is 18.3 Å². The molecule has 1 aromatic rings. The first kappa shape index (κ1) is 14.1. The van der Waals surface area contributed by atoms with E-state index in [0.717, 1.165) is 37.4 Å². The zero-order valence-corrected chi connectivity index (χ0v) is 12.2. The quantitative estimate of drug-likeness (QED) is 0.835. The summed E-state index contributed by atoms with van der Waals surface area (Å²) in [4.78, 5) is 2.92. The molecule has 5 heteroatoms. The fraction of sp³-hybridized carbons (Fsp3) is 0.500. The first-order valence-corrected chi connectivity index (χ1v) is 6.80. The van der Waals surface area contributed by atoms with Crippen molar-refractivity contribution in [1.82, 2.24) is 4.90 Å². The monoisotopic (exact) mass is 280 g/mol. The molecule has 0 amide bonds. The van der Waals surface area contributed by atoms with Gasteiger partial charge in [0.15, 0.2) is 11.5 Å². The van der Waals surface area contributed by atoms with Gasteiger partial charge in [-0.25, -0.2) is 0 Å². The molecule has 1 fully saturated rings. The standard InChI is InChI=1S/C14H20N2O2S/c1-17-12-6-5-10(8-13(12)18-2)9-16-7-3-4-11(16)14(15)19/h5-6,8,11H,3-4,7,9H2,1-2H3,(H2,15,19). The molecule has 0 spiro atoms. The molecule has 1 saturated heterocycles. The molecule has 1 aromatic carbocycles. The molecule has 2 rings (SSSR count). The maximum atomic E-state index is 5.79. The number of ether oxygens (including phenoxy) is 2. The molecule has 1 unspecified atom stereocenters. The number of thiocarbonyl (C=S) groups is 1. The third-order valence-electron chi connectivity index (χ3n) is 3.53. The third-order valence-corrected chi connectivity index (χ3v) is 3.80. The van der Waals surface area contributed by atoms with E-state index in [-0.39, 0.29) is 6.04 Å². The van der Waals surface area contributed by atoms with Gasteiger partial charge >= 0.3 is 0 Å². The maximum Gasteiger partial charge on any atom is 0.161 e. The first-order chi connectivity index (χ1) is 9.15. The molecule has 4 nitrogen and oxygen atoms in total. The van der Waals surface area contributed by atoms with Crippen molar-refractivity contribution in [3.05, 3.63) is 23.8 Å². The number of benzene rings is 1. The van der Waals surface area contributed by atoms with Crippen LogP contribution in [0.25, 0.3) is 0 Å². The minimum Gasteiger partial charge on any atom is -0.493 e. The Labute approximate surface area is 119 Å². The lowest BCUT2D eigenvalue weighted by molar-refractivity contribution is 0.294. The van der Waals surface area contributed by atoms with Crippen LogP contribution in [0.4, 0.5) is 0 Å². The second kappa shape index (κ2) is 6.21. The number of methoxy groups -OCH3 is 2. The van der Waals surface area contributed by atoms with E-state index in [1.54, 1.807) is 14.2 Å². The molecule has 1 aliphatic heterocycles. The normalized spacial score (nSPS) is 19.4. The minimum atomic E-state index is 0.225. The number of hydrogen-bond donors (Lipinski definition) is 1. The molecule has 1 atom stereocenters. The Morgan fingerprint density at radius 2 is 2.11 bits per heavy atom. The van der Waals surface area contributed by atoms with Crippen molar-refractivity contribution in [2.24, 2.45) is 5.73 Å². The van der Waals surface area contributed by atoms with Gasteiger partial charge in [-0.15, -0.1) is 0 Å². The highest BCUT2D eigenvalue weighted by atomic mass is 32.1. The van der Waals surface area contributed by atoms with Crippen molar-refractivity contribution in [3.63, 3.8) is 0 Å². The van der Waals surface area contributed by atoms with Crippen molar-refractivity contribution in [2.75, 3.05) is 20.8 Å². The molecule has 104 valence electrons. The number of nitrogens with zero attached hydrogens (tertiary/aromatic N) is 1. The van der Waals surface area contributed by atoms with Crippen LogP contribution in [0, 0.1) is 0 Å². The summed E-state index contributed by atoms with van der Waals surface area (Å²) >= 11 is 5.13. The Bertz CT molecular complexity index is 465. The lowest BCUT2D eigenvalue weighted by Crippen LogP contribution is -2.38. The van der Waals surface area contributed by atoms with Crippen LogP contribution >= 0.6 is 12.2 Å². The maximum absolute atomic E-state index is 5.79. The van der Waals surface area contributed by atoms with Crippen LogP contribution in [0.2, 0.25) is 0 Å². The zero-order chi connectivity index (χ0) is 13.8. The van der Waals surface area contributed by atoms with Crippen LogP contribution < -0.4 is 15.2 Å². The van der Waals surface area contributed by atoms with E-state index >= 15 is 0 Å². The highest BCUT2D eigenvalue weighted by Crippen LogP contribution is 2.29. The molecule has 2 N–H and O–H groups in total. The first-order valence-electron chi connectivity index (χ1n) is 6.40. The van der Waals surface area contributed by atoms with Gasteiger partial charge in [0.1, 0.15) is 0 Å². The van der Waals surface area contributed by atoms with Gasteiger partial charge in [-0.3, -0.25) is 4.90 Å². The number of rotatable bonds is 5. The van der Waals surface area contributed by atoms with E-state index in [0.29, 0.717) is 4.99 Å². The number of nitrogens with two attached hydrogens (primary N) is 1. The lowest BCUT2D eigenvalue weighted by atomic mass is 10.1. The molecule has 1 aliphatic rings. The van der Waals surface area contributed by atoms with Crippen LogP contribution in [-0.2, 0) is 6.54 Å². The van der Waals surface area contributed by atoms with Gasteiger partial charge < -0.3 is 15.2 Å². The summed E-state index contributed by atoms with van der Waals surface area (Å²) in [7, 11) is 3.29. The van der Waals surface area contributed by atoms with E-state index in [2.05, 4.69) is 11.0 Å². The summed E-state index contributed by atoms with van der Waals surface area (Å²) in [5.41, 5.74) is 6.97. The van der Waals surface area contributed by atoms with E-state index in [9.17, 15) is 0 Å². The average molecular weight is 280 g/mol. The molecular weight excluding hydrogens is 260 g/mol. The van der Waals surface area contributed by atoms with Crippen LogP contribution in [0.15, 0.2) is 18.2 Å². The molecule has 1 heterocycles. The fourth-order valence-electron chi connectivity index (χ4n) is 2.55. The third kappa shape index (κ3) is 3.16. The smallest absolute Gasteiger partial charge is 0.161 e. The Hall–Kier alpha value is -1.33. The van der Waals surface area contributed by atoms with Crippen molar-refractivity contribution in [2.45, 2.75) is 25.4 Å². The topological polar surface area (TPSA) is 47.7 Å². The van der Waals surface area contributed by atoms with Gasteiger partial charge in [-0.05, 0) is 37.1 Å². The van der Waals surface area contributed by atoms with Gasteiger partial charge in [0.25, 0.3) is 0 Å². The Balaban J connectivity index is 2.12. The van der Waals surface area contributed by atoms with E-state index in [1.807, 2.05) is 12.1 Å². The highest BCUT2D eigenvalue weighted by Gasteiger charge is 2.26. The van der Waals surface area contributed by atoms with Crippen LogP contribution in [0.5, 0.6) is 11.5 Å². The molecule has 19 heavy (non-hydrogen) atoms. The Kier molecular flexibility index (Phi) is 4.61. The second-order valence-corrected chi connectivity index (χ2v) is 5.19. The van der Waals surface area contributed by atoms with Crippen molar-refractivity contribution < 1.29 is 9.47 Å². The molecule has 0 aliphatic carbocycles. The van der Waals surface area contributed by atoms with Gasteiger partial charge in [-0.2, -0.15) is 0 Å². The van der Waals surface area contributed by atoms with Gasteiger partial charge in [0.2, 0.25) is 0 Å². The van der Waals surface area contributed by atoms with Gasteiger partial charge in [0, 0.05) is 6.54 Å². The Morgan fingerprint density at radius 3 is 2.74 bits per heavy atom. The highest BCUT2D eigenvalue weighted by molar-refractivity contribution is 7.80. The van der Waals surface area contributed by atoms with E-state index in [1.165, 1.54) is 5.56 Å². The summed E-state index contributed by atoms with van der Waals surface area (Å²) < 4.78 is 10.6. The summed E-state index contributed by atoms with van der Waals surface area (Å²) in [5, 5.41) is 0. The zero-order valence-electron chi connectivity index (χ0n) is 11.4. The van der Waals surface area contributed by atoms with Crippen LogP contribution in [0.1, 0.15) is 18.4 Å². The van der Waals surface area contributed by atoms with Crippen molar-refractivity contribution in [3.8, 4) is 11.5 Å². The largest absolute Gasteiger partial charge is 0.493 e. The molecule has 0 saturated carbocycles. The molecule has 0 radical (unpaired) electrons.